The fraction of sp³-hybridized carbons (Fsp3) is 0.500. The third-order valence-electron chi connectivity index (χ3n) is 9.81. The van der Waals surface area contributed by atoms with Crippen molar-refractivity contribution in [3.8, 4) is 17.1 Å². The van der Waals surface area contributed by atoms with E-state index in [0.29, 0.717) is 43.4 Å². The van der Waals surface area contributed by atoms with Crippen LogP contribution in [0.25, 0.3) is 27.8 Å². The van der Waals surface area contributed by atoms with Crippen molar-refractivity contribution in [2.24, 2.45) is 11.7 Å². The molecule has 0 spiro atoms. The minimum atomic E-state index is -0.430. The summed E-state index contributed by atoms with van der Waals surface area (Å²) < 4.78 is 15.4. The number of aryl methyl sites for hydroxylation is 1. The van der Waals surface area contributed by atoms with E-state index < -0.39 is 6.10 Å². The number of hydrogen-bond donors (Lipinski definition) is 1. The first-order valence-corrected chi connectivity index (χ1v) is 15.8. The molecule has 1 aliphatic carbocycles. The molecule has 1 saturated carbocycles. The molecule has 44 heavy (non-hydrogen) atoms. The van der Waals surface area contributed by atoms with Gasteiger partial charge >= 0.3 is 0 Å². The molecular weight excluding hydrogens is 556 g/mol. The number of nitrogens with zero attached hydrogens (tertiary/aromatic N) is 5. The van der Waals surface area contributed by atoms with Gasteiger partial charge in [0.2, 0.25) is 0 Å². The van der Waals surface area contributed by atoms with Crippen LogP contribution in [-0.2, 0) is 16.1 Å². The molecule has 2 amide bonds. The Bertz CT molecular complexity index is 1750. The lowest BCUT2D eigenvalue weighted by Crippen LogP contribution is -2.52. The highest BCUT2D eigenvalue weighted by Crippen LogP contribution is 2.41. The van der Waals surface area contributed by atoms with Gasteiger partial charge in [-0.2, -0.15) is 5.10 Å². The summed E-state index contributed by atoms with van der Waals surface area (Å²) in [6, 6.07) is 10.6. The van der Waals surface area contributed by atoms with Gasteiger partial charge < -0.3 is 29.6 Å². The van der Waals surface area contributed by atoms with Crippen molar-refractivity contribution < 1.29 is 19.1 Å². The van der Waals surface area contributed by atoms with Crippen LogP contribution in [0.15, 0.2) is 36.5 Å². The number of piperidine rings is 1. The molecular formula is C34H42N6O4. The first-order valence-electron chi connectivity index (χ1n) is 15.8. The number of pyridine rings is 1. The summed E-state index contributed by atoms with van der Waals surface area (Å²) in [5.74, 6) is 1.54. The van der Waals surface area contributed by atoms with Gasteiger partial charge in [-0.15, -0.1) is 0 Å². The van der Waals surface area contributed by atoms with Crippen molar-refractivity contribution in [1.29, 1.82) is 0 Å². The number of amides is 2. The van der Waals surface area contributed by atoms with Crippen LogP contribution in [0.5, 0.6) is 5.75 Å². The van der Waals surface area contributed by atoms with E-state index in [1.165, 1.54) is 29.3 Å². The van der Waals surface area contributed by atoms with Crippen molar-refractivity contribution in [2.75, 3.05) is 40.4 Å². The smallest absolute Gasteiger partial charge is 0.255 e. The van der Waals surface area contributed by atoms with E-state index in [9.17, 15) is 9.59 Å². The Kier molecular flexibility index (Phi) is 7.37. The van der Waals surface area contributed by atoms with Crippen LogP contribution in [0, 0.1) is 12.8 Å². The summed E-state index contributed by atoms with van der Waals surface area (Å²) >= 11 is 0. The zero-order chi connectivity index (χ0) is 30.7. The lowest BCUT2D eigenvalue weighted by atomic mass is 9.89. The molecule has 2 aliphatic heterocycles. The summed E-state index contributed by atoms with van der Waals surface area (Å²) in [5.41, 5.74) is 13.0. The Labute approximate surface area is 257 Å². The average molecular weight is 599 g/mol. The SMILES string of the molecule is COc1cc(C(=O)N2CCC[C@@H](N)C2)cn2nc(-c3cc4cccc(C5CN(C(=O)[C@H](C)OC)C5)c4n3CC3CC3)c(C)c12. The van der Waals surface area contributed by atoms with Gasteiger partial charge in [0.25, 0.3) is 11.8 Å². The lowest BCUT2D eigenvalue weighted by molar-refractivity contribution is -0.145. The predicted octanol–water partition coefficient (Wildman–Crippen LogP) is 4.21. The summed E-state index contributed by atoms with van der Waals surface area (Å²) in [6.45, 7) is 7.46. The zero-order valence-electron chi connectivity index (χ0n) is 26.1. The third-order valence-corrected chi connectivity index (χ3v) is 9.81. The van der Waals surface area contributed by atoms with Crippen LogP contribution in [0.3, 0.4) is 0 Å². The number of fused-ring (bicyclic) bond motifs is 2. The number of likely N-dealkylation sites (tertiary alicyclic amines) is 2. The molecule has 4 aromatic rings. The van der Waals surface area contributed by atoms with Crippen LogP contribution in [0.1, 0.15) is 60.0 Å². The standard InChI is InChI=1S/C34H42N6O4/c1-20-30(36-40-18-24(14-29(44-4)31(20)40)34(42)37-12-6-8-26(35)19-37)28-13-23-7-5-9-27(32(23)39(28)15-22-10-11-22)25-16-38(17-25)33(41)21(2)43-3/h5,7,9,13-14,18,21-22,25-26H,6,8,10-12,15-17,19,35H2,1-4H3/t21-,26+/m0/s1. The van der Waals surface area contributed by atoms with Gasteiger partial charge in [0, 0.05) is 68.9 Å². The van der Waals surface area contributed by atoms with Gasteiger partial charge in [0.05, 0.1) is 23.9 Å². The van der Waals surface area contributed by atoms with E-state index in [-0.39, 0.29) is 23.8 Å². The van der Waals surface area contributed by atoms with Gasteiger partial charge in [-0.1, -0.05) is 18.2 Å². The number of benzene rings is 1. The molecule has 0 bridgehead atoms. The van der Waals surface area contributed by atoms with E-state index in [2.05, 4.69) is 35.8 Å². The number of aromatic nitrogens is 3. The Morgan fingerprint density at radius 2 is 1.86 bits per heavy atom. The van der Waals surface area contributed by atoms with Crippen molar-refractivity contribution in [3.63, 3.8) is 0 Å². The van der Waals surface area contributed by atoms with E-state index >= 15 is 0 Å². The van der Waals surface area contributed by atoms with Gasteiger partial charge in [0.1, 0.15) is 23.1 Å². The highest BCUT2D eigenvalue weighted by Gasteiger charge is 2.36. The van der Waals surface area contributed by atoms with Crippen LogP contribution >= 0.6 is 0 Å². The summed E-state index contributed by atoms with van der Waals surface area (Å²) in [7, 11) is 3.22. The van der Waals surface area contributed by atoms with Gasteiger partial charge in [0.15, 0.2) is 0 Å². The molecule has 2 atom stereocenters. The van der Waals surface area contributed by atoms with Gasteiger partial charge in [-0.3, -0.25) is 9.59 Å². The minimum absolute atomic E-state index is 0.00701. The maximum absolute atomic E-state index is 13.5. The Morgan fingerprint density at radius 3 is 2.57 bits per heavy atom. The summed E-state index contributed by atoms with van der Waals surface area (Å²) in [5, 5.41) is 6.28. The first kappa shape index (κ1) is 28.9. The molecule has 0 unspecified atom stereocenters. The largest absolute Gasteiger partial charge is 0.494 e. The first-order chi connectivity index (χ1) is 21.3. The molecule has 3 aliphatic rings. The average Bonchev–Trinajstić information content (AvgIpc) is 3.67. The second-order valence-electron chi connectivity index (χ2n) is 12.9. The van der Waals surface area contributed by atoms with Crippen molar-refractivity contribution in [1.82, 2.24) is 24.0 Å². The van der Waals surface area contributed by atoms with E-state index in [1.807, 2.05) is 26.6 Å². The Hall–Kier alpha value is -3.89. The summed E-state index contributed by atoms with van der Waals surface area (Å²) in [4.78, 5) is 29.9. The van der Waals surface area contributed by atoms with Crippen LogP contribution in [0.2, 0.25) is 0 Å². The lowest BCUT2D eigenvalue weighted by Gasteiger charge is -2.41. The second-order valence-corrected chi connectivity index (χ2v) is 12.9. The normalized spacial score (nSPS) is 19.9. The quantitative estimate of drug-likeness (QED) is 0.326. The van der Waals surface area contributed by atoms with Crippen molar-refractivity contribution >= 4 is 28.2 Å². The number of methoxy groups -OCH3 is 2. The number of carbonyl (C=O) groups excluding carboxylic acids is 2. The molecule has 2 saturated heterocycles. The van der Waals surface area contributed by atoms with Crippen LogP contribution < -0.4 is 10.5 Å². The van der Waals surface area contributed by atoms with Crippen LogP contribution in [-0.4, -0.2) is 88.3 Å². The van der Waals surface area contributed by atoms with E-state index in [4.69, 9.17) is 20.3 Å². The van der Waals surface area contributed by atoms with Gasteiger partial charge in [-0.05, 0) is 63.1 Å². The molecule has 3 aromatic heterocycles. The maximum atomic E-state index is 13.5. The van der Waals surface area contributed by atoms with Gasteiger partial charge in [-0.25, -0.2) is 4.52 Å². The topological polar surface area (TPSA) is 107 Å². The monoisotopic (exact) mass is 598 g/mol. The Balaban J connectivity index is 1.29. The third kappa shape index (κ3) is 4.94. The van der Waals surface area contributed by atoms with E-state index in [1.54, 1.807) is 21.1 Å². The minimum Gasteiger partial charge on any atom is -0.494 e. The predicted molar refractivity (Wildman–Crippen MR) is 169 cm³/mol. The van der Waals surface area contributed by atoms with Crippen molar-refractivity contribution in [3.05, 3.63) is 53.2 Å². The fourth-order valence-electron chi connectivity index (χ4n) is 7.02. The number of para-hydroxylation sites is 1. The molecule has 1 aromatic carbocycles. The highest BCUT2D eigenvalue weighted by molar-refractivity contribution is 5.96. The second kappa shape index (κ2) is 11.2. The molecule has 3 fully saturated rings. The fourth-order valence-corrected chi connectivity index (χ4v) is 7.02. The summed E-state index contributed by atoms with van der Waals surface area (Å²) in [6.07, 6.45) is 5.70. The number of ether oxygens (including phenoxy) is 2. The maximum Gasteiger partial charge on any atom is 0.255 e. The molecule has 10 nitrogen and oxygen atoms in total. The molecule has 2 N–H and O–H groups in total. The molecule has 7 rings (SSSR count). The zero-order valence-corrected chi connectivity index (χ0v) is 26.1. The number of carbonyl (C=O) groups is 2. The molecule has 0 radical (unpaired) electrons. The molecule has 5 heterocycles. The number of nitrogens with two attached hydrogens (primary N) is 1. The van der Waals surface area contributed by atoms with Crippen LogP contribution in [0.4, 0.5) is 0 Å². The molecule has 10 heteroatoms. The van der Waals surface area contributed by atoms with E-state index in [0.717, 1.165) is 41.9 Å². The van der Waals surface area contributed by atoms with Crippen molar-refractivity contribution in [2.45, 2.75) is 64.1 Å². The Morgan fingerprint density at radius 1 is 1.07 bits per heavy atom. The number of hydrogen-bond acceptors (Lipinski definition) is 6. The highest BCUT2D eigenvalue weighted by atomic mass is 16.5. The number of rotatable bonds is 8. The molecule has 232 valence electrons.